The van der Waals surface area contributed by atoms with Crippen molar-refractivity contribution >= 4 is 27.0 Å². The van der Waals surface area contributed by atoms with Crippen LogP contribution in [0.4, 0.5) is 0 Å². The van der Waals surface area contributed by atoms with E-state index in [4.69, 9.17) is 15.5 Å². The molecule has 2 fully saturated rings. The van der Waals surface area contributed by atoms with Gasteiger partial charge in [-0.25, -0.2) is 13.4 Å². The number of benzene rings is 2. The predicted molar refractivity (Wildman–Crippen MR) is 160 cm³/mol. The van der Waals surface area contributed by atoms with Crippen molar-refractivity contribution in [3.63, 3.8) is 0 Å². The summed E-state index contributed by atoms with van der Waals surface area (Å²) in [4.78, 5) is 20.9. The number of aromatic nitrogens is 2. The Morgan fingerprint density at radius 2 is 1.80 bits per heavy atom. The van der Waals surface area contributed by atoms with Crippen LogP contribution in [0.3, 0.4) is 0 Å². The van der Waals surface area contributed by atoms with Gasteiger partial charge in [0.1, 0.15) is 5.82 Å². The third-order valence-electron chi connectivity index (χ3n) is 8.52. The summed E-state index contributed by atoms with van der Waals surface area (Å²) in [6.07, 6.45) is 2.68. The topological polar surface area (TPSA) is 111 Å². The number of rotatable bonds is 8. The molecule has 9 nitrogen and oxygen atoms in total. The van der Waals surface area contributed by atoms with Gasteiger partial charge in [-0.1, -0.05) is 45.0 Å². The van der Waals surface area contributed by atoms with Gasteiger partial charge in [0.25, 0.3) is 0 Å². The zero-order chi connectivity index (χ0) is 29.4. The molecule has 5 rings (SSSR count). The number of methoxy groups -OCH3 is 1. The van der Waals surface area contributed by atoms with Gasteiger partial charge >= 0.3 is 0 Å². The first-order valence-electron chi connectivity index (χ1n) is 14.6. The van der Waals surface area contributed by atoms with Crippen molar-refractivity contribution in [2.45, 2.75) is 68.8 Å². The summed E-state index contributed by atoms with van der Waals surface area (Å²) in [5, 5.41) is 0. The lowest BCUT2D eigenvalue weighted by Gasteiger charge is -2.35. The van der Waals surface area contributed by atoms with Crippen molar-refractivity contribution in [1.29, 1.82) is 0 Å². The molecule has 2 aliphatic heterocycles. The fourth-order valence-corrected chi connectivity index (χ4v) is 7.66. The summed E-state index contributed by atoms with van der Waals surface area (Å²) in [5.74, 6) is 0.461. The number of hydrogen-bond acceptors (Lipinski definition) is 6. The molecule has 0 aliphatic carbocycles. The second-order valence-electron chi connectivity index (χ2n) is 12.4. The van der Waals surface area contributed by atoms with Gasteiger partial charge in [-0.15, -0.1) is 0 Å². The number of aryl methyl sites for hydroxylation is 1. The predicted octanol–water partition coefficient (Wildman–Crippen LogP) is 3.72. The van der Waals surface area contributed by atoms with E-state index in [1.807, 2.05) is 35.2 Å². The van der Waals surface area contributed by atoms with Crippen LogP contribution in [-0.2, 0) is 31.5 Å². The number of hydrogen-bond donors (Lipinski definition) is 1. The number of nitrogens with zero attached hydrogens (tertiary/aromatic N) is 4. The van der Waals surface area contributed by atoms with Crippen LogP contribution >= 0.6 is 0 Å². The average Bonchev–Trinajstić information content (AvgIpc) is 3.54. The highest BCUT2D eigenvalue weighted by Crippen LogP contribution is 2.32. The number of carbonyl (C=O) groups excluding carboxylic acids is 1. The molecule has 41 heavy (non-hydrogen) atoms. The van der Waals surface area contributed by atoms with E-state index in [0.29, 0.717) is 19.7 Å². The molecule has 2 aromatic carbocycles. The standard InChI is InChI=1S/C31H43N5O4S/c1-31(2,3)23-12-14-24(15-13-23)41(38,39)35-20-25(26(32)21-35)30(37)34-16-7-9-22(19-34)29-33-27-10-5-6-11-28(27)36(29)17-8-18-40-4/h5-6,10-15,22,25-26H,7-9,16-21,32H2,1-4H3/t22?,25-,26-/m1/s1. The summed E-state index contributed by atoms with van der Waals surface area (Å²) in [5.41, 5.74) is 9.48. The summed E-state index contributed by atoms with van der Waals surface area (Å²) in [6.45, 7) is 9.16. The van der Waals surface area contributed by atoms with Crippen LogP contribution in [0.1, 0.15) is 57.3 Å². The van der Waals surface area contributed by atoms with Crippen LogP contribution in [-0.4, -0.2) is 79.0 Å². The largest absolute Gasteiger partial charge is 0.385 e. The first-order chi connectivity index (χ1) is 19.5. The number of sulfonamides is 1. The van der Waals surface area contributed by atoms with Crippen molar-refractivity contribution in [2.75, 3.05) is 39.9 Å². The number of piperidine rings is 1. The Labute approximate surface area is 243 Å². The Kier molecular flexibility index (Phi) is 8.57. The maximum Gasteiger partial charge on any atom is 0.243 e. The third kappa shape index (κ3) is 6.07. The van der Waals surface area contributed by atoms with E-state index in [0.717, 1.165) is 48.2 Å². The van der Waals surface area contributed by atoms with Crippen LogP contribution in [0.5, 0.6) is 0 Å². The van der Waals surface area contributed by atoms with Crippen LogP contribution in [0.2, 0.25) is 0 Å². The number of ether oxygens (including phenoxy) is 1. The lowest BCUT2D eigenvalue weighted by Crippen LogP contribution is -2.47. The highest BCUT2D eigenvalue weighted by molar-refractivity contribution is 7.89. The summed E-state index contributed by atoms with van der Waals surface area (Å²) in [6, 6.07) is 14.6. The highest BCUT2D eigenvalue weighted by Gasteiger charge is 2.43. The molecule has 0 spiro atoms. The Hall–Kier alpha value is -2.79. The zero-order valence-electron chi connectivity index (χ0n) is 24.6. The van der Waals surface area contributed by atoms with Gasteiger partial charge in [0.2, 0.25) is 15.9 Å². The van der Waals surface area contributed by atoms with E-state index in [-0.39, 0.29) is 35.2 Å². The van der Waals surface area contributed by atoms with Gasteiger partial charge in [-0.2, -0.15) is 4.31 Å². The SMILES string of the molecule is COCCCn1c(C2CCCN(C(=O)[C@@H]3CN(S(=O)(=O)c4ccc(C(C)(C)C)cc4)C[C@H]3N)C2)nc2ccccc21. The monoisotopic (exact) mass is 581 g/mol. The molecule has 2 saturated heterocycles. The molecular weight excluding hydrogens is 538 g/mol. The van der Waals surface area contributed by atoms with Crippen LogP contribution in [0, 0.1) is 5.92 Å². The summed E-state index contributed by atoms with van der Waals surface area (Å²) < 4.78 is 35.9. The summed E-state index contributed by atoms with van der Waals surface area (Å²) >= 11 is 0. The number of carbonyl (C=O) groups is 1. The number of fused-ring (bicyclic) bond motifs is 1. The Bertz CT molecular complexity index is 1480. The van der Waals surface area contributed by atoms with Crippen molar-refractivity contribution < 1.29 is 17.9 Å². The van der Waals surface area contributed by atoms with Gasteiger partial charge < -0.3 is 19.9 Å². The Morgan fingerprint density at radius 1 is 1.07 bits per heavy atom. The van der Waals surface area contributed by atoms with Gasteiger partial charge in [-0.05, 0) is 54.5 Å². The number of para-hydroxylation sites is 2. The first-order valence-corrected chi connectivity index (χ1v) is 16.0. The normalized spacial score (nSPS) is 22.5. The van der Waals surface area contributed by atoms with Crippen molar-refractivity contribution in [2.24, 2.45) is 11.7 Å². The fraction of sp³-hybridized carbons (Fsp3) is 0.548. The third-order valence-corrected chi connectivity index (χ3v) is 10.4. The number of likely N-dealkylation sites (tertiary alicyclic amines) is 1. The Morgan fingerprint density at radius 3 is 2.51 bits per heavy atom. The molecule has 1 unspecified atom stereocenters. The van der Waals surface area contributed by atoms with Crippen LogP contribution in [0.15, 0.2) is 53.4 Å². The minimum atomic E-state index is -3.76. The van der Waals surface area contributed by atoms with Crippen molar-refractivity contribution in [3.05, 3.63) is 59.9 Å². The molecule has 1 aromatic heterocycles. The van der Waals surface area contributed by atoms with Crippen LogP contribution < -0.4 is 5.73 Å². The van der Waals surface area contributed by atoms with E-state index in [9.17, 15) is 13.2 Å². The number of nitrogens with two attached hydrogens (primary N) is 1. The van der Waals surface area contributed by atoms with E-state index < -0.39 is 22.0 Å². The van der Waals surface area contributed by atoms with Crippen molar-refractivity contribution in [3.8, 4) is 0 Å². The van der Waals surface area contributed by atoms with Crippen molar-refractivity contribution in [1.82, 2.24) is 18.8 Å². The van der Waals surface area contributed by atoms with E-state index in [1.54, 1.807) is 19.2 Å². The quantitative estimate of drug-likeness (QED) is 0.406. The molecule has 1 amide bonds. The average molecular weight is 582 g/mol. The van der Waals surface area contributed by atoms with E-state index >= 15 is 0 Å². The second-order valence-corrected chi connectivity index (χ2v) is 14.4. The lowest BCUT2D eigenvalue weighted by atomic mass is 9.87. The molecule has 0 saturated carbocycles. The number of imidazole rings is 1. The lowest BCUT2D eigenvalue weighted by molar-refractivity contribution is -0.136. The highest BCUT2D eigenvalue weighted by atomic mass is 32.2. The first kappa shape index (κ1) is 29.7. The zero-order valence-corrected chi connectivity index (χ0v) is 25.4. The maximum atomic E-state index is 13.8. The minimum Gasteiger partial charge on any atom is -0.385 e. The van der Waals surface area contributed by atoms with Gasteiger partial charge in [0.15, 0.2) is 0 Å². The smallest absolute Gasteiger partial charge is 0.243 e. The molecule has 3 heterocycles. The molecule has 0 bridgehead atoms. The molecule has 3 aromatic rings. The molecule has 2 N–H and O–H groups in total. The maximum absolute atomic E-state index is 13.8. The second kappa shape index (κ2) is 11.8. The number of amides is 1. The minimum absolute atomic E-state index is 0.0648. The fourth-order valence-electron chi connectivity index (χ4n) is 6.16. The van der Waals surface area contributed by atoms with E-state index in [1.165, 1.54) is 4.31 Å². The van der Waals surface area contributed by atoms with Gasteiger partial charge in [-0.3, -0.25) is 4.79 Å². The Balaban J connectivity index is 1.31. The van der Waals surface area contributed by atoms with E-state index in [2.05, 4.69) is 31.4 Å². The molecule has 3 atom stereocenters. The van der Waals surface area contributed by atoms with Gasteiger partial charge in [0, 0.05) is 58.4 Å². The molecule has 0 radical (unpaired) electrons. The molecular formula is C31H43N5O4S. The van der Waals surface area contributed by atoms with Crippen LogP contribution in [0.25, 0.3) is 11.0 Å². The summed E-state index contributed by atoms with van der Waals surface area (Å²) in [7, 11) is -2.05. The molecule has 2 aliphatic rings. The molecule has 10 heteroatoms. The van der Waals surface area contributed by atoms with Gasteiger partial charge in [0.05, 0.1) is 21.8 Å². The molecule has 222 valence electrons.